The van der Waals surface area contributed by atoms with Crippen molar-refractivity contribution in [2.24, 2.45) is 5.92 Å². The number of hydrogen-bond donors (Lipinski definition) is 3. The average Bonchev–Trinajstić information content (AvgIpc) is 2.56. The van der Waals surface area contributed by atoms with Crippen LogP contribution in [0.5, 0.6) is 5.75 Å². The second kappa shape index (κ2) is 10.0. The Bertz CT molecular complexity index is 560. The fourth-order valence-corrected chi connectivity index (χ4v) is 2.87. The van der Waals surface area contributed by atoms with Crippen molar-refractivity contribution in [1.29, 1.82) is 0 Å². The zero-order chi connectivity index (χ0) is 16.7. The van der Waals surface area contributed by atoms with Crippen LogP contribution in [0.4, 0.5) is 11.4 Å². The van der Waals surface area contributed by atoms with E-state index < -0.39 is 0 Å². The Morgan fingerprint density at radius 1 is 1.21 bits per heavy atom. The van der Waals surface area contributed by atoms with Crippen LogP contribution < -0.4 is 21.1 Å². The summed E-state index contributed by atoms with van der Waals surface area (Å²) < 4.78 is 5.10. The number of nitrogens with one attached hydrogen (secondary N) is 2. The molecule has 7 heteroatoms. The van der Waals surface area contributed by atoms with Crippen molar-refractivity contribution in [2.45, 2.75) is 38.5 Å². The highest BCUT2D eigenvalue weighted by Crippen LogP contribution is 2.26. The summed E-state index contributed by atoms with van der Waals surface area (Å²) in [5.74, 6) is 0.698. The number of nitrogens with two attached hydrogens (primary N) is 1. The van der Waals surface area contributed by atoms with Gasteiger partial charge in [0.1, 0.15) is 5.75 Å². The summed E-state index contributed by atoms with van der Waals surface area (Å²) in [4.78, 5) is 23.8. The highest BCUT2D eigenvalue weighted by Gasteiger charge is 2.17. The molecule has 1 aliphatic carbocycles. The number of hydrogen-bond acceptors (Lipinski definition) is 4. The highest BCUT2D eigenvalue weighted by atomic mass is 35.5. The van der Waals surface area contributed by atoms with Gasteiger partial charge < -0.3 is 21.1 Å². The first-order valence-electron chi connectivity index (χ1n) is 8.08. The molecule has 134 valence electrons. The van der Waals surface area contributed by atoms with Gasteiger partial charge >= 0.3 is 0 Å². The number of rotatable bonds is 6. The lowest BCUT2D eigenvalue weighted by atomic mass is 9.87. The second-order valence-electron chi connectivity index (χ2n) is 5.99. The van der Waals surface area contributed by atoms with Crippen LogP contribution in [-0.4, -0.2) is 25.5 Å². The van der Waals surface area contributed by atoms with E-state index in [2.05, 4.69) is 10.6 Å². The SMILES string of the molecule is COc1ccc(N)c(NC(=O)CNC(=O)CC2CCCCC2)c1.Cl. The third-order valence-corrected chi connectivity index (χ3v) is 4.18. The minimum atomic E-state index is -0.304. The number of anilines is 2. The number of carbonyl (C=O) groups excluding carboxylic acids is 2. The van der Waals surface area contributed by atoms with Crippen molar-refractivity contribution in [3.63, 3.8) is 0 Å². The zero-order valence-electron chi connectivity index (χ0n) is 14.0. The molecule has 0 radical (unpaired) electrons. The molecule has 0 unspecified atom stereocenters. The Morgan fingerprint density at radius 3 is 2.58 bits per heavy atom. The van der Waals surface area contributed by atoms with Crippen LogP contribution in [0, 0.1) is 5.92 Å². The van der Waals surface area contributed by atoms with Gasteiger partial charge in [-0.05, 0) is 30.9 Å². The maximum atomic E-state index is 11.9. The fourth-order valence-electron chi connectivity index (χ4n) is 2.87. The predicted octanol–water partition coefficient (Wildman–Crippen LogP) is 2.72. The van der Waals surface area contributed by atoms with Gasteiger partial charge in [-0.3, -0.25) is 9.59 Å². The van der Waals surface area contributed by atoms with Crippen molar-refractivity contribution in [3.05, 3.63) is 18.2 Å². The molecule has 1 aromatic carbocycles. The Kier molecular flexibility index (Phi) is 8.40. The summed E-state index contributed by atoms with van der Waals surface area (Å²) in [6.07, 6.45) is 6.40. The van der Waals surface area contributed by atoms with Crippen LogP contribution in [0.3, 0.4) is 0 Å². The van der Waals surface area contributed by atoms with Crippen LogP contribution in [0.15, 0.2) is 18.2 Å². The number of amides is 2. The Balaban J connectivity index is 0.00000288. The lowest BCUT2D eigenvalue weighted by Crippen LogP contribution is -2.34. The second-order valence-corrected chi connectivity index (χ2v) is 5.99. The van der Waals surface area contributed by atoms with Crippen molar-refractivity contribution >= 4 is 35.6 Å². The predicted molar refractivity (Wildman–Crippen MR) is 97.5 cm³/mol. The maximum Gasteiger partial charge on any atom is 0.243 e. The lowest BCUT2D eigenvalue weighted by Gasteiger charge is -2.20. The summed E-state index contributed by atoms with van der Waals surface area (Å²) in [7, 11) is 1.54. The Hall–Kier alpha value is -1.95. The van der Waals surface area contributed by atoms with Crippen molar-refractivity contribution in [1.82, 2.24) is 5.32 Å². The number of ether oxygens (including phenoxy) is 1. The molecule has 0 bridgehead atoms. The lowest BCUT2D eigenvalue weighted by molar-refractivity contribution is -0.125. The van der Waals surface area contributed by atoms with Crippen LogP contribution in [0.2, 0.25) is 0 Å². The van der Waals surface area contributed by atoms with Crippen molar-refractivity contribution < 1.29 is 14.3 Å². The van der Waals surface area contributed by atoms with E-state index in [1.54, 1.807) is 25.3 Å². The molecule has 0 aromatic heterocycles. The molecule has 2 amide bonds. The van der Waals surface area contributed by atoms with Gasteiger partial charge in [-0.15, -0.1) is 12.4 Å². The van der Waals surface area contributed by atoms with E-state index in [9.17, 15) is 9.59 Å². The van der Waals surface area contributed by atoms with Crippen molar-refractivity contribution in [2.75, 3.05) is 24.7 Å². The standard InChI is InChI=1S/C17H25N3O3.ClH/c1-23-13-7-8-14(18)15(10-13)20-17(22)11-19-16(21)9-12-5-3-2-4-6-12;/h7-8,10,12H,2-6,9,11,18H2,1H3,(H,19,21)(H,20,22);1H. The molecule has 0 saturated heterocycles. The van der Waals surface area contributed by atoms with Crippen LogP contribution in [0.1, 0.15) is 38.5 Å². The Morgan fingerprint density at radius 2 is 1.92 bits per heavy atom. The Labute approximate surface area is 148 Å². The van der Waals surface area contributed by atoms with Gasteiger partial charge in [0.05, 0.1) is 25.0 Å². The minimum absolute atomic E-state index is 0. The van der Waals surface area contributed by atoms with Gasteiger partial charge in [0.25, 0.3) is 0 Å². The molecule has 0 spiro atoms. The van der Waals surface area contributed by atoms with Gasteiger partial charge in [-0.1, -0.05) is 19.3 Å². The first-order chi connectivity index (χ1) is 11.1. The van der Waals surface area contributed by atoms with Crippen LogP contribution in [0.25, 0.3) is 0 Å². The normalized spacial score (nSPS) is 14.4. The van der Waals surface area contributed by atoms with E-state index in [1.807, 2.05) is 0 Å². The van der Waals surface area contributed by atoms with E-state index in [4.69, 9.17) is 10.5 Å². The fraction of sp³-hybridized carbons (Fsp3) is 0.529. The molecule has 1 aromatic rings. The number of nitrogen functional groups attached to an aromatic ring is 1. The average molecular weight is 356 g/mol. The molecule has 6 nitrogen and oxygen atoms in total. The van der Waals surface area contributed by atoms with E-state index in [1.165, 1.54) is 19.3 Å². The number of benzene rings is 1. The van der Waals surface area contributed by atoms with Crippen LogP contribution >= 0.6 is 12.4 Å². The molecule has 1 fully saturated rings. The molecule has 0 aliphatic heterocycles. The van der Waals surface area contributed by atoms with Gasteiger partial charge in [0.15, 0.2) is 0 Å². The number of carbonyl (C=O) groups is 2. The van der Waals surface area contributed by atoms with E-state index in [0.29, 0.717) is 29.5 Å². The summed E-state index contributed by atoms with van der Waals surface area (Å²) >= 11 is 0. The van der Waals surface area contributed by atoms with Gasteiger partial charge in [0.2, 0.25) is 11.8 Å². The molecule has 2 rings (SSSR count). The molecule has 1 aliphatic rings. The largest absolute Gasteiger partial charge is 0.497 e. The van der Waals surface area contributed by atoms with Crippen LogP contribution in [-0.2, 0) is 9.59 Å². The molecule has 4 N–H and O–H groups in total. The van der Waals surface area contributed by atoms with Gasteiger partial charge in [0, 0.05) is 12.5 Å². The molecule has 1 saturated carbocycles. The number of halogens is 1. The van der Waals surface area contributed by atoms with E-state index >= 15 is 0 Å². The quantitative estimate of drug-likeness (QED) is 0.684. The smallest absolute Gasteiger partial charge is 0.243 e. The zero-order valence-corrected chi connectivity index (χ0v) is 14.8. The minimum Gasteiger partial charge on any atom is -0.497 e. The monoisotopic (exact) mass is 355 g/mol. The molecule has 0 atom stereocenters. The van der Waals surface area contributed by atoms with Crippen molar-refractivity contribution in [3.8, 4) is 5.75 Å². The van der Waals surface area contributed by atoms with E-state index in [-0.39, 0.29) is 30.8 Å². The third kappa shape index (κ3) is 6.28. The van der Waals surface area contributed by atoms with Gasteiger partial charge in [-0.25, -0.2) is 0 Å². The molecular formula is C17H26ClN3O3. The summed E-state index contributed by atoms with van der Waals surface area (Å²) in [6.45, 7) is -0.0534. The number of methoxy groups -OCH3 is 1. The maximum absolute atomic E-state index is 11.9. The first-order valence-corrected chi connectivity index (χ1v) is 8.08. The first kappa shape index (κ1) is 20.1. The third-order valence-electron chi connectivity index (χ3n) is 4.18. The highest BCUT2D eigenvalue weighted by molar-refractivity contribution is 5.97. The summed E-state index contributed by atoms with van der Waals surface area (Å²) in [5.41, 5.74) is 6.75. The van der Waals surface area contributed by atoms with E-state index in [0.717, 1.165) is 12.8 Å². The van der Waals surface area contributed by atoms with Gasteiger partial charge in [-0.2, -0.15) is 0 Å². The molecule has 0 heterocycles. The topological polar surface area (TPSA) is 93.4 Å². The summed E-state index contributed by atoms with van der Waals surface area (Å²) in [5, 5.41) is 5.36. The molecular weight excluding hydrogens is 330 g/mol. The molecule has 24 heavy (non-hydrogen) atoms. The summed E-state index contributed by atoms with van der Waals surface area (Å²) in [6, 6.07) is 5.03.